The molecule has 0 N–H and O–H groups in total. The molecule has 2 aliphatic carbocycles. The summed E-state index contributed by atoms with van der Waals surface area (Å²) < 4.78 is 29.5. The first kappa shape index (κ1) is 15.0. The quantitative estimate of drug-likeness (QED) is 0.770. The normalized spacial score (nSPS) is 24.1. The van der Waals surface area contributed by atoms with Crippen LogP contribution < -0.4 is 0 Å². The molecule has 3 rings (SSSR count). The minimum atomic E-state index is -3.59. The number of benzene rings is 1. The zero-order chi connectivity index (χ0) is 14.9. The van der Waals surface area contributed by atoms with Gasteiger partial charge in [0.1, 0.15) is 0 Å². The fourth-order valence-corrected chi connectivity index (χ4v) is 4.64. The van der Waals surface area contributed by atoms with E-state index < -0.39 is 10.1 Å². The smallest absolute Gasteiger partial charge is 0.266 e. The maximum atomic E-state index is 12.1. The molecule has 0 radical (unpaired) electrons. The molecule has 1 atom stereocenters. The van der Waals surface area contributed by atoms with Crippen molar-refractivity contribution in [2.75, 3.05) is 6.61 Å². The first-order valence-electron chi connectivity index (χ1n) is 7.98. The minimum absolute atomic E-state index is 0.262. The summed E-state index contributed by atoms with van der Waals surface area (Å²) >= 11 is 0. The van der Waals surface area contributed by atoms with Gasteiger partial charge in [-0.15, -0.1) is 0 Å². The zero-order valence-electron chi connectivity index (χ0n) is 12.7. The van der Waals surface area contributed by atoms with Crippen LogP contribution in [-0.2, 0) is 14.3 Å². The van der Waals surface area contributed by atoms with Crippen molar-refractivity contribution in [1.29, 1.82) is 0 Å². The third-order valence-electron chi connectivity index (χ3n) is 5.25. The van der Waals surface area contributed by atoms with Gasteiger partial charge in [0.2, 0.25) is 0 Å². The predicted molar refractivity (Wildman–Crippen MR) is 82.6 cm³/mol. The second kappa shape index (κ2) is 5.73. The molecule has 1 spiro atoms. The van der Waals surface area contributed by atoms with Gasteiger partial charge in [-0.2, -0.15) is 8.42 Å². The molecule has 3 nitrogen and oxygen atoms in total. The molecule has 1 aromatic rings. The summed E-state index contributed by atoms with van der Waals surface area (Å²) in [5, 5.41) is 0. The summed E-state index contributed by atoms with van der Waals surface area (Å²) in [5.41, 5.74) is 1.60. The van der Waals surface area contributed by atoms with Gasteiger partial charge in [-0.1, -0.05) is 30.5 Å². The Balaban J connectivity index is 1.56. The Hall–Kier alpha value is -0.870. The lowest BCUT2D eigenvalue weighted by atomic mass is 9.75. The van der Waals surface area contributed by atoms with E-state index in [1.807, 2.05) is 6.92 Å². The Kier molecular flexibility index (Phi) is 4.10. The van der Waals surface area contributed by atoms with Crippen molar-refractivity contribution in [3.05, 3.63) is 29.8 Å². The Morgan fingerprint density at radius 2 is 1.86 bits per heavy atom. The van der Waals surface area contributed by atoms with Crippen LogP contribution >= 0.6 is 0 Å². The van der Waals surface area contributed by atoms with Crippen LogP contribution in [0.1, 0.15) is 50.5 Å². The van der Waals surface area contributed by atoms with Crippen LogP contribution in [0.25, 0.3) is 0 Å². The van der Waals surface area contributed by atoms with E-state index in [0.717, 1.165) is 12.0 Å². The summed E-state index contributed by atoms with van der Waals surface area (Å²) in [5.74, 6) is 0.666. The number of hydrogen-bond acceptors (Lipinski definition) is 3. The van der Waals surface area contributed by atoms with Crippen LogP contribution in [0.15, 0.2) is 29.2 Å². The molecule has 2 aliphatic rings. The lowest BCUT2D eigenvalue weighted by Crippen LogP contribution is -2.23. The maximum Gasteiger partial charge on any atom is 0.296 e. The molecule has 0 bridgehead atoms. The van der Waals surface area contributed by atoms with Crippen LogP contribution in [-0.4, -0.2) is 15.0 Å². The molecular formula is C17H24O3S. The van der Waals surface area contributed by atoms with E-state index in [0.29, 0.717) is 17.9 Å². The van der Waals surface area contributed by atoms with Crippen molar-refractivity contribution in [2.45, 2.75) is 56.8 Å². The largest absolute Gasteiger partial charge is 0.296 e. The van der Waals surface area contributed by atoms with Crippen LogP contribution in [0.2, 0.25) is 0 Å². The highest BCUT2D eigenvalue weighted by molar-refractivity contribution is 7.86. The van der Waals surface area contributed by atoms with Gasteiger partial charge in [0.15, 0.2) is 0 Å². The van der Waals surface area contributed by atoms with Gasteiger partial charge in [-0.3, -0.25) is 4.18 Å². The van der Waals surface area contributed by atoms with Crippen molar-refractivity contribution < 1.29 is 12.6 Å². The SMILES string of the molecule is Cc1ccc(S(=O)(=O)OCCC2CCCCC23CC3)cc1. The van der Waals surface area contributed by atoms with Crippen molar-refractivity contribution >= 4 is 10.1 Å². The Bertz CT molecular complexity index is 585. The van der Waals surface area contributed by atoms with E-state index in [-0.39, 0.29) is 4.90 Å². The molecule has 1 unspecified atom stereocenters. The van der Waals surface area contributed by atoms with Gasteiger partial charge in [0, 0.05) is 0 Å². The van der Waals surface area contributed by atoms with Crippen LogP contribution in [0.3, 0.4) is 0 Å². The van der Waals surface area contributed by atoms with E-state index in [9.17, 15) is 8.42 Å². The maximum absolute atomic E-state index is 12.1. The molecule has 0 aliphatic heterocycles. The van der Waals surface area contributed by atoms with E-state index >= 15 is 0 Å². The highest BCUT2D eigenvalue weighted by atomic mass is 32.2. The van der Waals surface area contributed by atoms with Gasteiger partial charge < -0.3 is 0 Å². The molecule has 1 aromatic carbocycles. The standard InChI is InChI=1S/C17H24O3S/c1-14-5-7-16(8-6-14)21(18,19)20-13-9-15-4-2-3-10-17(15)11-12-17/h5-8,15H,2-4,9-13H2,1H3. The van der Waals surface area contributed by atoms with Crippen molar-refractivity contribution in [3.8, 4) is 0 Å². The minimum Gasteiger partial charge on any atom is -0.266 e. The monoisotopic (exact) mass is 308 g/mol. The fourth-order valence-electron chi connectivity index (χ4n) is 3.72. The molecule has 116 valence electrons. The Morgan fingerprint density at radius 1 is 1.14 bits per heavy atom. The van der Waals surface area contributed by atoms with Crippen molar-refractivity contribution in [2.24, 2.45) is 11.3 Å². The molecule has 0 saturated heterocycles. The molecule has 2 saturated carbocycles. The van der Waals surface area contributed by atoms with Crippen LogP contribution in [0.5, 0.6) is 0 Å². The van der Waals surface area contributed by atoms with Gasteiger partial charge in [-0.25, -0.2) is 0 Å². The van der Waals surface area contributed by atoms with Gasteiger partial charge in [-0.05, 0) is 62.5 Å². The van der Waals surface area contributed by atoms with E-state index in [1.165, 1.54) is 38.5 Å². The molecular weight excluding hydrogens is 284 g/mol. The van der Waals surface area contributed by atoms with E-state index in [2.05, 4.69) is 0 Å². The summed E-state index contributed by atoms with van der Waals surface area (Å²) in [6, 6.07) is 6.84. The lowest BCUT2D eigenvalue weighted by Gasteiger charge is -2.31. The molecule has 2 fully saturated rings. The van der Waals surface area contributed by atoms with E-state index in [1.54, 1.807) is 24.3 Å². The number of aryl methyl sites for hydroxylation is 1. The Morgan fingerprint density at radius 3 is 2.52 bits per heavy atom. The highest BCUT2D eigenvalue weighted by Gasteiger charge is 2.49. The Labute approximate surface area is 127 Å². The summed E-state index contributed by atoms with van der Waals surface area (Å²) in [4.78, 5) is 0.262. The number of hydrogen-bond donors (Lipinski definition) is 0. The topological polar surface area (TPSA) is 43.4 Å². The first-order chi connectivity index (χ1) is 10.0. The van der Waals surface area contributed by atoms with Crippen LogP contribution in [0, 0.1) is 18.3 Å². The highest BCUT2D eigenvalue weighted by Crippen LogP contribution is 2.60. The average Bonchev–Trinajstić information content (AvgIpc) is 3.22. The van der Waals surface area contributed by atoms with Gasteiger partial charge >= 0.3 is 0 Å². The summed E-state index contributed by atoms with van der Waals surface area (Å²) in [7, 11) is -3.59. The second-order valence-electron chi connectivity index (χ2n) is 6.68. The van der Waals surface area contributed by atoms with Gasteiger partial charge in [0.25, 0.3) is 10.1 Å². The molecule has 0 heterocycles. The fraction of sp³-hybridized carbons (Fsp3) is 0.647. The van der Waals surface area contributed by atoms with Gasteiger partial charge in [0.05, 0.1) is 11.5 Å². The third-order valence-corrected chi connectivity index (χ3v) is 6.58. The summed E-state index contributed by atoms with van der Waals surface area (Å²) in [6.07, 6.45) is 8.77. The average molecular weight is 308 g/mol. The molecule has 0 aromatic heterocycles. The third kappa shape index (κ3) is 3.32. The second-order valence-corrected chi connectivity index (χ2v) is 8.30. The summed E-state index contributed by atoms with van der Waals surface area (Å²) in [6.45, 7) is 2.26. The predicted octanol–water partition coefficient (Wildman–Crippen LogP) is 4.06. The van der Waals surface area contributed by atoms with Crippen molar-refractivity contribution in [3.63, 3.8) is 0 Å². The lowest BCUT2D eigenvalue weighted by molar-refractivity contribution is 0.169. The van der Waals surface area contributed by atoms with Crippen molar-refractivity contribution in [1.82, 2.24) is 0 Å². The van der Waals surface area contributed by atoms with Crippen LogP contribution in [0.4, 0.5) is 0 Å². The molecule has 0 amide bonds. The number of rotatable bonds is 5. The molecule has 4 heteroatoms. The first-order valence-corrected chi connectivity index (χ1v) is 9.39. The van der Waals surface area contributed by atoms with E-state index in [4.69, 9.17) is 4.18 Å². The zero-order valence-corrected chi connectivity index (χ0v) is 13.5. The molecule has 21 heavy (non-hydrogen) atoms.